The molecule has 3 aliphatic rings. The second kappa shape index (κ2) is 5.32. The van der Waals surface area contributed by atoms with Crippen molar-refractivity contribution in [2.75, 3.05) is 13.1 Å². The molecule has 4 unspecified atom stereocenters. The Morgan fingerprint density at radius 2 is 2.06 bits per heavy atom. The standard InChI is InChI=1S/C16H27NO/c1-12(18)8-16-4-2-3-7-17(16)11-15-10-13-5-6-14(15)9-13/h13-16H,2-11H2,1H3. The molecule has 2 nitrogen and oxygen atoms in total. The second-order valence-corrected chi connectivity index (χ2v) is 6.99. The third-order valence-corrected chi connectivity index (χ3v) is 5.63. The third kappa shape index (κ3) is 2.64. The van der Waals surface area contributed by atoms with Crippen LogP contribution in [0.3, 0.4) is 0 Å². The lowest BCUT2D eigenvalue weighted by molar-refractivity contribution is -0.118. The molecule has 0 aromatic rings. The molecular weight excluding hydrogens is 222 g/mol. The van der Waals surface area contributed by atoms with Gasteiger partial charge in [0.2, 0.25) is 0 Å². The van der Waals surface area contributed by atoms with Crippen LogP contribution >= 0.6 is 0 Å². The molecule has 1 heterocycles. The van der Waals surface area contributed by atoms with Gasteiger partial charge < -0.3 is 0 Å². The number of ketones is 1. The van der Waals surface area contributed by atoms with Gasteiger partial charge in [-0.1, -0.05) is 12.8 Å². The molecule has 18 heavy (non-hydrogen) atoms. The Bertz CT molecular complexity index is 314. The molecule has 0 N–H and O–H groups in total. The minimum Gasteiger partial charge on any atom is -0.300 e. The number of rotatable bonds is 4. The third-order valence-electron chi connectivity index (χ3n) is 5.63. The molecule has 3 rings (SSSR count). The maximum Gasteiger partial charge on any atom is 0.131 e. The average Bonchev–Trinajstić information content (AvgIpc) is 2.93. The van der Waals surface area contributed by atoms with Crippen LogP contribution in [0.2, 0.25) is 0 Å². The quantitative estimate of drug-likeness (QED) is 0.762. The summed E-state index contributed by atoms with van der Waals surface area (Å²) in [5, 5.41) is 0. The predicted molar refractivity (Wildman–Crippen MR) is 73.4 cm³/mol. The van der Waals surface area contributed by atoms with E-state index in [9.17, 15) is 4.79 Å². The van der Waals surface area contributed by atoms with Crippen molar-refractivity contribution in [3.05, 3.63) is 0 Å². The molecule has 2 aliphatic carbocycles. The highest BCUT2D eigenvalue weighted by Crippen LogP contribution is 2.48. The monoisotopic (exact) mass is 249 g/mol. The Labute approximate surface area is 111 Å². The number of piperidine rings is 1. The van der Waals surface area contributed by atoms with Crippen molar-refractivity contribution in [2.24, 2.45) is 17.8 Å². The lowest BCUT2D eigenvalue weighted by Crippen LogP contribution is -2.44. The van der Waals surface area contributed by atoms with E-state index < -0.39 is 0 Å². The first kappa shape index (κ1) is 12.7. The zero-order valence-electron chi connectivity index (χ0n) is 11.7. The van der Waals surface area contributed by atoms with E-state index in [4.69, 9.17) is 0 Å². The molecular formula is C16H27NO. The van der Waals surface area contributed by atoms with Crippen LogP contribution in [0.15, 0.2) is 0 Å². The van der Waals surface area contributed by atoms with Crippen LogP contribution in [0.25, 0.3) is 0 Å². The molecule has 1 aliphatic heterocycles. The van der Waals surface area contributed by atoms with Crippen LogP contribution < -0.4 is 0 Å². The highest BCUT2D eigenvalue weighted by Gasteiger charge is 2.40. The smallest absolute Gasteiger partial charge is 0.131 e. The van der Waals surface area contributed by atoms with E-state index in [0.717, 1.165) is 24.2 Å². The van der Waals surface area contributed by atoms with Crippen molar-refractivity contribution in [3.63, 3.8) is 0 Å². The van der Waals surface area contributed by atoms with E-state index in [-0.39, 0.29) is 0 Å². The van der Waals surface area contributed by atoms with Gasteiger partial charge in [0.15, 0.2) is 0 Å². The number of Topliss-reactive ketones (excluding diaryl/α,β-unsaturated/α-hetero) is 1. The fourth-order valence-electron chi connectivity index (χ4n) is 4.76. The maximum absolute atomic E-state index is 11.4. The van der Waals surface area contributed by atoms with E-state index in [0.29, 0.717) is 11.8 Å². The van der Waals surface area contributed by atoms with Crippen LogP contribution in [0.5, 0.6) is 0 Å². The summed E-state index contributed by atoms with van der Waals surface area (Å²) in [5.74, 6) is 3.40. The van der Waals surface area contributed by atoms with E-state index >= 15 is 0 Å². The minimum atomic E-state index is 0.375. The number of carbonyl (C=O) groups excluding carboxylic acids is 1. The van der Waals surface area contributed by atoms with Gasteiger partial charge in [-0.2, -0.15) is 0 Å². The molecule has 0 radical (unpaired) electrons. The number of likely N-dealkylation sites (tertiary alicyclic amines) is 1. The number of fused-ring (bicyclic) bond motifs is 2. The zero-order valence-corrected chi connectivity index (χ0v) is 11.7. The van der Waals surface area contributed by atoms with E-state index in [1.54, 1.807) is 6.92 Å². The molecule has 2 saturated carbocycles. The molecule has 0 spiro atoms. The van der Waals surface area contributed by atoms with Gasteiger partial charge in [0.25, 0.3) is 0 Å². The van der Waals surface area contributed by atoms with Crippen LogP contribution in [0.4, 0.5) is 0 Å². The van der Waals surface area contributed by atoms with Crippen molar-refractivity contribution in [1.29, 1.82) is 0 Å². The van der Waals surface area contributed by atoms with Gasteiger partial charge >= 0.3 is 0 Å². The normalized spacial score (nSPS) is 40.3. The summed E-state index contributed by atoms with van der Waals surface area (Å²) < 4.78 is 0. The van der Waals surface area contributed by atoms with Crippen molar-refractivity contribution in [1.82, 2.24) is 4.90 Å². The van der Waals surface area contributed by atoms with Crippen molar-refractivity contribution < 1.29 is 4.79 Å². The summed E-state index contributed by atoms with van der Waals surface area (Å²) in [7, 11) is 0. The fourth-order valence-corrected chi connectivity index (χ4v) is 4.76. The predicted octanol–water partition coefficient (Wildman–Crippen LogP) is 3.26. The Morgan fingerprint density at radius 3 is 2.72 bits per heavy atom. The highest BCUT2D eigenvalue weighted by molar-refractivity contribution is 5.76. The minimum absolute atomic E-state index is 0.375. The summed E-state index contributed by atoms with van der Waals surface area (Å²) in [6, 6.07) is 0.565. The first-order chi connectivity index (χ1) is 8.72. The first-order valence-electron chi connectivity index (χ1n) is 7.96. The van der Waals surface area contributed by atoms with Gasteiger partial charge in [-0.3, -0.25) is 9.69 Å². The molecule has 3 fully saturated rings. The fraction of sp³-hybridized carbons (Fsp3) is 0.938. The largest absolute Gasteiger partial charge is 0.300 e. The zero-order chi connectivity index (χ0) is 12.5. The lowest BCUT2D eigenvalue weighted by Gasteiger charge is -2.38. The van der Waals surface area contributed by atoms with Gasteiger partial charge in [-0.25, -0.2) is 0 Å². The summed E-state index contributed by atoms with van der Waals surface area (Å²) >= 11 is 0. The summed E-state index contributed by atoms with van der Waals surface area (Å²) in [6.45, 7) is 4.29. The molecule has 2 bridgehead atoms. The highest BCUT2D eigenvalue weighted by atomic mass is 16.1. The number of nitrogens with zero attached hydrogens (tertiary/aromatic N) is 1. The summed E-state index contributed by atoms with van der Waals surface area (Å²) in [4.78, 5) is 14.1. The van der Waals surface area contributed by atoms with Crippen molar-refractivity contribution in [2.45, 2.75) is 64.3 Å². The number of carbonyl (C=O) groups is 1. The van der Waals surface area contributed by atoms with E-state index in [2.05, 4.69) is 4.90 Å². The molecule has 0 aromatic heterocycles. The van der Waals surface area contributed by atoms with Crippen LogP contribution in [0, 0.1) is 17.8 Å². The van der Waals surface area contributed by atoms with Gasteiger partial charge in [-0.05, 0) is 63.3 Å². The molecule has 4 atom stereocenters. The Kier molecular flexibility index (Phi) is 3.74. The molecule has 2 heteroatoms. The molecule has 0 aromatic carbocycles. The van der Waals surface area contributed by atoms with Crippen LogP contribution in [0.1, 0.15) is 58.3 Å². The van der Waals surface area contributed by atoms with E-state index in [1.807, 2.05) is 0 Å². The maximum atomic E-state index is 11.4. The van der Waals surface area contributed by atoms with Gasteiger partial charge in [0, 0.05) is 19.0 Å². The number of hydrogen-bond donors (Lipinski definition) is 0. The Balaban J connectivity index is 1.57. The second-order valence-electron chi connectivity index (χ2n) is 6.99. The topological polar surface area (TPSA) is 20.3 Å². The lowest BCUT2D eigenvalue weighted by atomic mass is 9.87. The Morgan fingerprint density at radius 1 is 1.17 bits per heavy atom. The van der Waals surface area contributed by atoms with Gasteiger partial charge in [0.05, 0.1) is 0 Å². The Hall–Kier alpha value is -0.370. The molecule has 1 saturated heterocycles. The molecule has 0 amide bonds. The molecule has 102 valence electrons. The van der Waals surface area contributed by atoms with Crippen LogP contribution in [-0.4, -0.2) is 29.8 Å². The van der Waals surface area contributed by atoms with Crippen LogP contribution in [-0.2, 0) is 4.79 Å². The average molecular weight is 249 g/mol. The van der Waals surface area contributed by atoms with E-state index in [1.165, 1.54) is 58.0 Å². The van der Waals surface area contributed by atoms with Gasteiger partial charge in [-0.15, -0.1) is 0 Å². The van der Waals surface area contributed by atoms with Crippen molar-refractivity contribution in [3.8, 4) is 0 Å². The summed E-state index contributed by atoms with van der Waals surface area (Å²) in [5.41, 5.74) is 0. The number of hydrogen-bond acceptors (Lipinski definition) is 2. The summed E-state index contributed by atoms with van der Waals surface area (Å²) in [6.07, 6.45) is 10.7. The SMILES string of the molecule is CC(=O)CC1CCCCN1CC1CC2CCC1C2. The first-order valence-corrected chi connectivity index (χ1v) is 7.96. The van der Waals surface area contributed by atoms with Crippen molar-refractivity contribution >= 4 is 5.78 Å². The van der Waals surface area contributed by atoms with Gasteiger partial charge in [0.1, 0.15) is 5.78 Å².